The minimum Gasteiger partial charge on any atom is -0.496 e. The summed E-state index contributed by atoms with van der Waals surface area (Å²) in [4.78, 5) is 4.41. The first-order chi connectivity index (χ1) is 14.4. The van der Waals surface area contributed by atoms with Crippen LogP contribution in [0.2, 0.25) is 0 Å². The van der Waals surface area contributed by atoms with Crippen molar-refractivity contribution in [2.75, 3.05) is 26.7 Å². The number of alkyl halides is 2. The molecule has 2 aromatic carbocycles. The minimum atomic E-state index is -2.87. The fraction of sp³-hybridized carbons (Fsp3) is 0.409. The number of rotatable bonds is 10. The molecule has 0 aliphatic carbocycles. The second-order valence-corrected chi connectivity index (χ2v) is 6.66. The van der Waals surface area contributed by atoms with Gasteiger partial charge in [-0.1, -0.05) is 24.3 Å². The second kappa shape index (κ2) is 14.0. The summed E-state index contributed by atoms with van der Waals surface area (Å²) in [7, 11) is 1.66. The fourth-order valence-electron chi connectivity index (χ4n) is 2.84. The van der Waals surface area contributed by atoms with Gasteiger partial charge in [-0.25, -0.2) is 0 Å². The van der Waals surface area contributed by atoms with Crippen LogP contribution in [0.4, 0.5) is 8.78 Å². The van der Waals surface area contributed by atoms with Crippen LogP contribution in [-0.4, -0.2) is 44.4 Å². The van der Waals surface area contributed by atoms with E-state index < -0.39 is 12.7 Å². The highest BCUT2D eigenvalue weighted by molar-refractivity contribution is 14.0. The summed E-state index contributed by atoms with van der Waals surface area (Å²) < 4.78 is 34.1. The number of hydrogen-bond donors (Lipinski definition) is 3. The number of aliphatic hydroxyl groups is 1. The molecule has 31 heavy (non-hydrogen) atoms. The SMILES string of the molecule is CCNC(=NCC(O)c1ccc(OC(F)F)cc1)NCCc1ccc(C)c(OC)c1.I. The molecule has 2 rings (SSSR count). The maximum Gasteiger partial charge on any atom is 0.387 e. The Morgan fingerprint density at radius 1 is 1.13 bits per heavy atom. The van der Waals surface area contributed by atoms with Crippen LogP contribution in [0.3, 0.4) is 0 Å². The molecule has 0 heterocycles. The highest BCUT2D eigenvalue weighted by Gasteiger charge is 2.10. The standard InChI is InChI=1S/C22H29F2N3O3.HI/c1-4-25-22(26-12-11-16-6-5-15(2)20(13-16)29-3)27-14-19(28)17-7-9-18(10-8-17)30-21(23)24;/h5-10,13,19,21,28H,4,11-12,14H2,1-3H3,(H2,25,26,27);1H. The topological polar surface area (TPSA) is 75.1 Å². The van der Waals surface area contributed by atoms with E-state index in [9.17, 15) is 13.9 Å². The Hall–Kier alpha value is -2.14. The summed E-state index contributed by atoms with van der Waals surface area (Å²) in [5, 5.41) is 16.7. The number of aryl methyl sites for hydroxylation is 1. The van der Waals surface area contributed by atoms with Crippen molar-refractivity contribution in [1.82, 2.24) is 10.6 Å². The predicted octanol–water partition coefficient (Wildman–Crippen LogP) is 4.05. The molecule has 0 aromatic heterocycles. The molecule has 0 radical (unpaired) electrons. The van der Waals surface area contributed by atoms with Gasteiger partial charge in [0.2, 0.25) is 0 Å². The molecule has 0 aliphatic heterocycles. The summed E-state index contributed by atoms with van der Waals surface area (Å²) >= 11 is 0. The first-order valence-electron chi connectivity index (χ1n) is 9.81. The van der Waals surface area contributed by atoms with Crippen LogP contribution >= 0.6 is 24.0 Å². The van der Waals surface area contributed by atoms with Crippen LogP contribution in [0.5, 0.6) is 11.5 Å². The number of hydrogen-bond acceptors (Lipinski definition) is 4. The zero-order valence-electron chi connectivity index (χ0n) is 17.9. The van der Waals surface area contributed by atoms with Gasteiger partial charge in [0.15, 0.2) is 5.96 Å². The van der Waals surface area contributed by atoms with Gasteiger partial charge in [0, 0.05) is 13.1 Å². The summed E-state index contributed by atoms with van der Waals surface area (Å²) in [6, 6.07) is 12.0. The van der Waals surface area contributed by atoms with E-state index >= 15 is 0 Å². The Morgan fingerprint density at radius 3 is 2.45 bits per heavy atom. The Balaban J connectivity index is 0.00000480. The zero-order chi connectivity index (χ0) is 21.9. The summed E-state index contributed by atoms with van der Waals surface area (Å²) in [6.07, 6.45) is -0.0720. The van der Waals surface area contributed by atoms with Crippen molar-refractivity contribution in [3.8, 4) is 11.5 Å². The van der Waals surface area contributed by atoms with Gasteiger partial charge in [0.25, 0.3) is 0 Å². The molecule has 1 atom stereocenters. The second-order valence-electron chi connectivity index (χ2n) is 6.66. The normalized spacial score (nSPS) is 12.2. The van der Waals surface area contributed by atoms with Crippen molar-refractivity contribution in [1.29, 1.82) is 0 Å². The molecule has 6 nitrogen and oxygen atoms in total. The summed E-state index contributed by atoms with van der Waals surface area (Å²) in [5.41, 5.74) is 2.81. The molecule has 9 heteroatoms. The van der Waals surface area contributed by atoms with E-state index in [4.69, 9.17) is 4.74 Å². The van der Waals surface area contributed by atoms with Crippen LogP contribution in [-0.2, 0) is 6.42 Å². The molecule has 0 fully saturated rings. The van der Waals surface area contributed by atoms with E-state index in [1.807, 2.05) is 26.0 Å². The van der Waals surface area contributed by atoms with Crippen molar-refractivity contribution in [2.45, 2.75) is 33.0 Å². The lowest BCUT2D eigenvalue weighted by molar-refractivity contribution is -0.0498. The fourth-order valence-corrected chi connectivity index (χ4v) is 2.84. The minimum absolute atomic E-state index is 0. The molecule has 0 saturated carbocycles. The number of ether oxygens (including phenoxy) is 2. The maximum absolute atomic E-state index is 12.2. The van der Waals surface area contributed by atoms with Gasteiger partial charge in [-0.2, -0.15) is 8.78 Å². The van der Waals surface area contributed by atoms with Gasteiger partial charge >= 0.3 is 6.61 Å². The van der Waals surface area contributed by atoms with Crippen molar-refractivity contribution in [2.24, 2.45) is 4.99 Å². The Morgan fingerprint density at radius 2 is 1.84 bits per heavy atom. The Labute approximate surface area is 199 Å². The highest BCUT2D eigenvalue weighted by atomic mass is 127. The van der Waals surface area contributed by atoms with E-state index in [0.717, 1.165) is 23.3 Å². The van der Waals surface area contributed by atoms with Gasteiger partial charge < -0.3 is 25.2 Å². The molecule has 0 saturated heterocycles. The molecule has 0 amide bonds. The van der Waals surface area contributed by atoms with Gasteiger partial charge in [-0.15, -0.1) is 24.0 Å². The summed E-state index contributed by atoms with van der Waals surface area (Å²) in [5.74, 6) is 1.50. The van der Waals surface area contributed by atoms with Crippen molar-refractivity contribution < 1.29 is 23.4 Å². The Bertz CT molecular complexity index is 820. The number of aliphatic imine (C=N–C) groups is 1. The average Bonchev–Trinajstić information content (AvgIpc) is 2.73. The zero-order valence-corrected chi connectivity index (χ0v) is 20.2. The van der Waals surface area contributed by atoms with Crippen molar-refractivity contribution in [3.63, 3.8) is 0 Å². The molecular weight excluding hydrogens is 519 g/mol. The van der Waals surface area contributed by atoms with Crippen LogP contribution in [0.1, 0.15) is 29.7 Å². The van der Waals surface area contributed by atoms with Crippen molar-refractivity contribution >= 4 is 29.9 Å². The number of methoxy groups -OCH3 is 1. The number of halogens is 3. The van der Waals surface area contributed by atoms with Crippen LogP contribution in [0.25, 0.3) is 0 Å². The first kappa shape index (κ1) is 26.9. The largest absolute Gasteiger partial charge is 0.496 e. The molecule has 172 valence electrons. The molecule has 0 aliphatic rings. The lowest BCUT2D eigenvalue weighted by Crippen LogP contribution is -2.38. The number of aliphatic hydroxyl groups excluding tert-OH is 1. The van der Waals surface area contributed by atoms with E-state index in [-0.39, 0.29) is 36.3 Å². The summed E-state index contributed by atoms with van der Waals surface area (Å²) in [6.45, 7) is 2.55. The smallest absolute Gasteiger partial charge is 0.387 e. The third-order valence-corrected chi connectivity index (χ3v) is 4.44. The number of guanidine groups is 1. The molecule has 0 bridgehead atoms. The van der Waals surface area contributed by atoms with E-state index in [1.165, 1.54) is 12.1 Å². The number of nitrogens with one attached hydrogen (secondary N) is 2. The van der Waals surface area contributed by atoms with Gasteiger partial charge in [0.05, 0.1) is 19.8 Å². The van der Waals surface area contributed by atoms with Gasteiger partial charge in [-0.05, 0) is 55.2 Å². The maximum atomic E-state index is 12.2. The quantitative estimate of drug-likeness (QED) is 0.237. The van der Waals surface area contributed by atoms with E-state index in [1.54, 1.807) is 19.2 Å². The molecule has 2 aromatic rings. The highest BCUT2D eigenvalue weighted by Crippen LogP contribution is 2.20. The van der Waals surface area contributed by atoms with Crippen molar-refractivity contribution in [3.05, 3.63) is 59.2 Å². The predicted molar refractivity (Wildman–Crippen MR) is 129 cm³/mol. The molecular formula is C22H30F2IN3O3. The van der Waals surface area contributed by atoms with Crippen LogP contribution in [0, 0.1) is 6.92 Å². The molecule has 0 spiro atoms. The number of benzene rings is 2. The third kappa shape index (κ3) is 9.26. The number of nitrogens with zero attached hydrogens (tertiary/aromatic N) is 1. The van der Waals surface area contributed by atoms with E-state index in [2.05, 4.69) is 26.4 Å². The average molecular weight is 549 g/mol. The van der Waals surface area contributed by atoms with Gasteiger partial charge in [0.1, 0.15) is 11.5 Å². The first-order valence-corrected chi connectivity index (χ1v) is 9.81. The third-order valence-electron chi connectivity index (χ3n) is 4.44. The van der Waals surface area contributed by atoms with Gasteiger partial charge in [-0.3, -0.25) is 4.99 Å². The lowest BCUT2D eigenvalue weighted by atomic mass is 10.1. The lowest BCUT2D eigenvalue weighted by Gasteiger charge is -2.14. The molecule has 1 unspecified atom stereocenters. The Kier molecular flexibility index (Phi) is 12.2. The monoisotopic (exact) mass is 549 g/mol. The van der Waals surface area contributed by atoms with Crippen LogP contribution in [0.15, 0.2) is 47.5 Å². The molecule has 3 N–H and O–H groups in total. The van der Waals surface area contributed by atoms with E-state index in [0.29, 0.717) is 24.6 Å². The van der Waals surface area contributed by atoms with Crippen LogP contribution < -0.4 is 20.1 Å².